The Bertz CT molecular complexity index is 1090. The highest BCUT2D eigenvalue weighted by Crippen LogP contribution is 2.34. The predicted molar refractivity (Wildman–Crippen MR) is 100 cm³/mol. The van der Waals surface area contributed by atoms with Crippen molar-refractivity contribution in [3.8, 4) is 17.6 Å². The van der Waals surface area contributed by atoms with Crippen molar-refractivity contribution in [1.82, 2.24) is 4.31 Å². The van der Waals surface area contributed by atoms with E-state index in [0.29, 0.717) is 12.8 Å². The Morgan fingerprint density at radius 2 is 1.77 bits per heavy atom. The van der Waals surface area contributed by atoms with Crippen LogP contribution < -0.4 is 4.74 Å². The maximum atomic E-state index is 13.3. The number of ether oxygens (including phenoxy) is 1. The monoisotopic (exact) mass is 413 g/mol. The molecular formula is C18H16Cl2N2O3S. The molecule has 0 amide bonds. The summed E-state index contributed by atoms with van der Waals surface area (Å²) in [6.45, 7) is 0.532. The molecule has 0 N–H and O–H groups in total. The van der Waals surface area contributed by atoms with Crippen molar-refractivity contribution in [3.63, 3.8) is 0 Å². The molecule has 0 saturated carbocycles. The summed E-state index contributed by atoms with van der Waals surface area (Å²) in [5.74, 6) is -0.447. The van der Waals surface area contributed by atoms with E-state index in [2.05, 4.69) is 0 Å². The Balaban J connectivity index is 2.25. The van der Waals surface area contributed by atoms with Gasteiger partial charge in [-0.3, -0.25) is 0 Å². The molecule has 0 bridgehead atoms. The molecule has 1 aliphatic heterocycles. The van der Waals surface area contributed by atoms with Crippen molar-refractivity contribution in [3.05, 3.63) is 51.9 Å². The van der Waals surface area contributed by atoms with E-state index < -0.39 is 44.4 Å². The number of hydrogen-bond donors (Lipinski definition) is 0. The van der Waals surface area contributed by atoms with Gasteiger partial charge in [0.1, 0.15) is 16.4 Å². The second kappa shape index (κ2) is 7.85. The fourth-order valence-electron chi connectivity index (χ4n) is 2.63. The maximum absolute atomic E-state index is 13.3. The summed E-state index contributed by atoms with van der Waals surface area (Å²) in [6.07, 6.45) is 2.23. The van der Waals surface area contributed by atoms with E-state index in [4.69, 9.17) is 32.1 Å². The zero-order valence-corrected chi connectivity index (χ0v) is 15.9. The van der Waals surface area contributed by atoms with Crippen LogP contribution in [0, 0.1) is 11.3 Å². The second-order valence-electron chi connectivity index (χ2n) is 5.69. The van der Waals surface area contributed by atoms with Gasteiger partial charge >= 0.3 is 0 Å². The van der Waals surface area contributed by atoms with Gasteiger partial charge in [-0.1, -0.05) is 29.6 Å². The average molecular weight is 414 g/mol. The van der Waals surface area contributed by atoms with Gasteiger partial charge in [-0.05, 0) is 49.2 Å². The first-order valence-electron chi connectivity index (χ1n) is 9.34. The minimum absolute atomic E-state index is 0.0506. The van der Waals surface area contributed by atoms with E-state index in [1.54, 1.807) is 6.07 Å². The predicted octanol–water partition coefficient (Wildman–Crippen LogP) is 4.83. The van der Waals surface area contributed by atoms with E-state index in [1.165, 1.54) is 22.5 Å². The van der Waals surface area contributed by atoms with Crippen molar-refractivity contribution in [1.29, 1.82) is 5.26 Å². The number of nitriles is 1. The molecule has 26 heavy (non-hydrogen) atoms. The second-order valence-corrected chi connectivity index (χ2v) is 8.44. The Morgan fingerprint density at radius 1 is 1.12 bits per heavy atom. The van der Waals surface area contributed by atoms with Crippen LogP contribution in [0.3, 0.4) is 0 Å². The molecule has 0 aromatic heterocycles. The van der Waals surface area contributed by atoms with Gasteiger partial charge in [-0.25, -0.2) is 8.42 Å². The number of benzene rings is 2. The number of piperidine rings is 1. The van der Waals surface area contributed by atoms with Crippen LogP contribution in [0.15, 0.2) is 41.2 Å². The summed E-state index contributed by atoms with van der Waals surface area (Å²) in [5, 5.41) is 9.77. The van der Waals surface area contributed by atoms with Crippen molar-refractivity contribution < 1.29 is 17.3 Å². The molecule has 0 unspecified atom stereocenters. The largest absolute Gasteiger partial charge is 0.456 e. The van der Waals surface area contributed by atoms with Gasteiger partial charge in [0, 0.05) is 23.1 Å². The Labute approximate surface area is 167 Å². The van der Waals surface area contributed by atoms with E-state index >= 15 is 0 Å². The van der Waals surface area contributed by atoms with Gasteiger partial charge in [-0.15, -0.1) is 0 Å². The lowest BCUT2D eigenvalue weighted by molar-refractivity contribution is 0.345. The van der Waals surface area contributed by atoms with Crippen molar-refractivity contribution in [2.45, 2.75) is 24.2 Å². The zero-order chi connectivity index (χ0) is 21.3. The zero-order valence-electron chi connectivity index (χ0n) is 16.6. The molecule has 1 heterocycles. The van der Waals surface area contributed by atoms with Crippen LogP contribution in [0.5, 0.6) is 11.5 Å². The number of nitrogens with zero attached hydrogens (tertiary/aromatic N) is 2. The maximum Gasteiger partial charge on any atom is 0.246 e. The average Bonchev–Trinajstić information content (AvgIpc) is 2.66. The third-order valence-electron chi connectivity index (χ3n) is 3.83. The van der Waals surface area contributed by atoms with Gasteiger partial charge in [0.2, 0.25) is 10.0 Å². The van der Waals surface area contributed by atoms with E-state index in [1.807, 2.05) is 0 Å². The summed E-state index contributed by atoms with van der Waals surface area (Å²) >= 11 is 11.9. The summed E-state index contributed by atoms with van der Waals surface area (Å²) in [7, 11) is -4.24. The van der Waals surface area contributed by atoms with Gasteiger partial charge in [0.25, 0.3) is 0 Å². The highest BCUT2D eigenvalue weighted by molar-refractivity contribution is 7.89. The lowest BCUT2D eigenvalue weighted by atomic mass is 10.2. The number of sulfonamides is 1. The summed E-state index contributed by atoms with van der Waals surface area (Å²) in [5.41, 5.74) is -0.498. The first-order valence-corrected chi connectivity index (χ1v) is 10.0. The molecule has 2 aromatic carbocycles. The van der Waals surface area contributed by atoms with E-state index in [0.717, 1.165) is 6.42 Å². The highest BCUT2D eigenvalue weighted by atomic mass is 35.5. The standard InChI is InChI=1S/C18H16Cl2N2O3S/c19-14-9-15(20)11-16(10-14)25-17-5-4-13(12-21)8-18(17)26(23,24)22-6-2-1-3-7-22/h4-5,8-11H,1-3,6-7H2/i4D,5D,8D. The lowest BCUT2D eigenvalue weighted by Gasteiger charge is -2.26. The molecule has 0 spiro atoms. The summed E-state index contributed by atoms with van der Waals surface area (Å²) in [4.78, 5) is -0.604. The molecule has 1 aliphatic rings. The van der Waals surface area contributed by atoms with E-state index in [-0.39, 0.29) is 28.9 Å². The summed E-state index contributed by atoms with van der Waals surface area (Å²) in [6, 6.07) is 3.99. The third-order valence-corrected chi connectivity index (χ3v) is 6.11. The number of hydrogen-bond acceptors (Lipinski definition) is 4. The molecule has 5 nitrogen and oxygen atoms in total. The van der Waals surface area contributed by atoms with Crippen LogP contribution in [-0.4, -0.2) is 25.8 Å². The fraction of sp³-hybridized carbons (Fsp3) is 0.278. The van der Waals surface area contributed by atoms with Gasteiger partial charge in [0.05, 0.1) is 15.7 Å². The first kappa shape index (κ1) is 15.3. The smallest absolute Gasteiger partial charge is 0.246 e. The molecule has 0 aliphatic carbocycles. The van der Waals surface area contributed by atoms with Gasteiger partial charge < -0.3 is 4.74 Å². The van der Waals surface area contributed by atoms with E-state index in [9.17, 15) is 13.7 Å². The molecule has 8 heteroatoms. The quantitative estimate of drug-likeness (QED) is 0.719. The molecule has 1 saturated heterocycles. The molecule has 0 radical (unpaired) electrons. The molecule has 1 fully saturated rings. The Morgan fingerprint density at radius 3 is 2.38 bits per heavy atom. The van der Waals surface area contributed by atoms with Gasteiger partial charge in [-0.2, -0.15) is 9.57 Å². The van der Waals surface area contributed by atoms with Crippen molar-refractivity contribution in [2.24, 2.45) is 0 Å². The van der Waals surface area contributed by atoms with Crippen molar-refractivity contribution >= 4 is 33.2 Å². The van der Waals surface area contributed by atoms with Crippen LogP contribution in [0.25, 0.3) is 0 Å². The molecule has 3 rings (SSSR count). The lowest BCUT2D eigenvalue weighted by Crippen LogP contribution is -2.35. The highest BCUT2D eigenvalue weighted by Gasteiger charge is 2.29. The summed E-state index contributed by atoms with van der Waals surface area (Å²) < 4.78 is 58.0. The normalized spacial score (nSPS) is 17.0. The number of halogens is 2. The molecular weight excluding hydrogens is 395 g/mol. The molecule has 2 aromatic rings. The van der Waals surface area contributed by atoms with Crippen LogP contribution in [0.2, 0.25) is 10.0 Å². The topological polar surface area (TPSA) is 70.4 Å². The fourth-order valence-corrected chi connectivity index (χ4v) is 4.69. The third kappa shape index (κ3) is 4.13. The minimum Gasteiger partial charge on any atom is -0.456 e. The Kier molecular flexibility index (Phi) is 4.62. The molecule has 136 valence electrons. The van der Waals surface area contributed by atoms with Crippen molar-refractivity contribution in [2.75, 3.05) is 13.1 Å². The SMILES string of the molecule is [2H]c1c([2H])c(Oc2cc(Cl)cc(Cl)c2)c(S(=O)(=O)N2CCCCC2)c([2H])c1C#N. The molecule has 0 atom stereocenters. The Hall–Kier alpha value is -1.78. The first-order chi connectivity index (χ1) is 13.7. The van der Waals surface area contributed by atoms with Crippen LogP contribution in [-0.2, 0) is 10.0 Å². The minimum atomic E-state index is -4.24. The van der Waals surface area contributed by atoms with Gasteiger partial charge in [0.15, 0.2) is 0 Å². The van der Waals surface area contributed by atoms with Crippen LogP contribution in [0.1, 0.15) is 28.9 Å². The van der Waals surface area contributed by atoms with Crippen LogP contribution >= 0.6 is 23.2 Å². The number of rotatable bonds is 4. The van der Waals surface area contributed by atoms with Crippen LogP contribution in [0.4, 0.5) is 0 Å².